The SMILES string of the molecule is CN(Cc1ccc(Cl)cc1)Cc1ccccc1N(CCN)S(=O)(=O)c1cccc2cnccc12. The van der Waals surface area contributed by atoms with Crippen molar-refractivity contribution in [3.05, 3.63) is 101 Å². The molecule has 0 unspecified atom stereocenters. The van der Waals surface area contributed by atoms with Gasteiger partial charge in [-0.1, -0.05) is 54.1 Å². The summed E-state index contributed by atoms with van der Waals surface area (Å²) in [6.45, 7) is 1.63. The lowest BCUT2D eigenvalue weighted by Gasteiger charge is -2.28. The summed E-state index contributed by atoms with van der Waals surface area (Å²) in [6.07, 6.45) is 3.27. The van der Waals surface area contributed by atoms with Gasteiger partial charge in [-0.05, 0) is 48.5 Å². The van der Waals surface area contributed by atoms with Gasteiger partial charge in [0.15, 0.2) is 0 Å². The number of hydrogen-bond acceptors (Lipinski definition) is 5. The Morgan fingerprint density at radius 3 is 2.47 bits per heavy atom. The molecule has 0 saturated carbocycles. The maximum Gasteiger partial charge on any atom is 0.264 e. The second kappa shape index (κ2) is 10.5. The molecular weight excluding hydrogens is 468 g/mol. The zero-order valence-electron chi connectivity index (χ0n) is 18.9. The first-order valence-corrected chi connectivity index (χ1v) is 12.8. The average molecular weight is 495 g/mol. The van der Waals surface area contributed by atoms with Gasteiger partial charge >= 0.3 is 0 Å². The third-order valence-electron chi connectivity index (χ3n) is 5.61. The van der Waals surface area contributed by atoms with Gasteiger partial charge in [-0.3, -0.25) is 14.2 Å². The molecule has 1 heterocycles. The zero-order valence-corrected chi connectivity index (χ0v) is 20.5. The molecule has 2 N–H and O–H groups in total. The van der Waals surface area contributed by atoms with E-state index in [4.69, 9.17) is 17.3 Å². The van der Waals surface area contributed by atoms with Crippen molar-refractivity contribution in [3.63, 3.8) is 0 Å². The van der Waals surface area contributed by atoms with Crippen LogP contribution in [0.1, 0.15) is 11.1 Å². The van der Waals surface area contributed by atoms with Crippen LogP contribution in [0.3, 0.4) is 0 Å². The third-order valence-corrected chi connectivity index (χ3v) is 7.73. The molecule has 8 heteroatoms. The summed E-state index contributed by atoms with van der Waals surface area (Å²) in [6, 6.07) is 22.3. The molecule has 0 radical (unpaired) electrons. The Hall–Kier alpha value is -2.97. The van der Waals surface area contributed by atoms with E-state index < -0.39 is 10.0 Å². The van der Waals surface area contributed by atoms with Crippen LogP contribution in [0.5, 0.6) is 0 Å². The molecule has 0 aliphatic rings. The number of para-hydroxylation sites is 1. The minimum atomic E-state index is -3.87. The molecule has 0 spiro atoms. The van der Waals surface area contributed by atoms with E-state index in [0.717, 1.165) is 16.5 Å². The Balaban J connectivity index is 1.69. The molecule has 1 aromatic heterocycles. The van der Waals surface area contributed by atoms with Crippen LogP contribution in [0.2, 0.25) is 5.02 Å². The number of aromatic nitrogens is 1. The predicted molar refractivity (Wildman–Crippen MR) is 138 cm³/mol. The molecule has 6 nitrogen and oxygen atoms in total. The minimum Gasteiger partial charge on any atom is -0.329 e. The summed E-state index contributed by atoms with van der Waals surface area (Å²) in [5, 5.41) is 2.10. The minimum absolute atomic E-state index is 0.168. The summed E-state index contributed by atoms with van der Waals surface area (Å²) in [5.41, 5.74) is 8.54. The molecule has 0 amide bonds. The van der Waals surface area contributed by atoms with E-state index in [1.807, 2.05) is 61.6 Å². The molecule has 3 aromatic carbocycles. The van der Waals surface area contributed by atoms with Crippen molar-refractivity contribution in [2.24, 2.45) is 5.73 Å². The number of benzene rings is 3. The van der Waals surface area contributed by atoms with Gasteiger partial charge in [-0.2, -0.15) is 0 Å². The second-order valence-corrected chi connectivity index (χ2v) is 10.4. The summed E-state index contributed by atoms with van der Waals surface area (Å²) >= 11 is 6.00. The van der Waals surface area contributed by atoms with E-state index in [9.17, 15) is 8.42 Å². The lowest BCUT2D eigenvalue weighted by atomic mass is 10.1. The first-order chi connectivity index (χ1) is 16.4. The quantitative estimate of drug-likeness (QED) is 0.365. The molecule has 0 saturated heterocycles. The summed E-state index contributed by atoms with van der Waals surface area (Å²) < 4.78 is 29.3. The van der Waals surface area contributed by atoms with Crippen molar-refractivity contribution in [1.29, 1.82) is 0 Å². The van der Waals surface area contributed by atoms with E-state index in [1.165, 1.54) is 4.31 Å². The van der Waals surface area contributed by atoms with Gasteiger partial charge < -0.3 is 5.73 Å². The Kier molecular flexibility index (Phi) is 7.48. The van der Waals surface area contributed by atoms with E-state index in [1.54, 1.807) is 30.6 Å². The van der Waals surface area contributed by atoms with Crippen LogP contribution in [0, 0.1) is 0 Å². The molecular formula is C26H27ClN4O2S. The smallest absolute Gasteiger partial charge is 0.264 e. The van der Waals surface area contributed by atoms with E-state index in [0.29, 0.717) is 29.2 Å². The Labute approximate surface area is 205 Å². The zero-order chi connectivity index (χ0) is 24.1. The molecule has 176 valence electrons. The highest BCUT2D eigenvalue weighted by Gasteiger charge is 2.28. The number of nitrogens with zero attached hydrogens (tertiary/aromatic N) is 3. The average Bonchev–Trinajstić information content (AvgIpc) is 2.84. The Morgan fingerprint density at radius 2 is 1.71 bits per heavy atom. The number of fused-ring (bicyclic) bond motifs is 1. The fraction of sp³-hybridized carbons (Fsp3) is 0.192. The largest absolute Gasteiger partial charge is 0.329 e. The van der Waals surface area contributed by atoms with Crippen molar-refractivity contribution in [2.75, 3.05) is 24.4 Å². The maximum atomic E-state index is 13.9. The maximum absolute atomic E-state index is 13.9. The van der Waals surface area contributed by atoms with Crippen molar-refractivity contribution in [1.82, 2.24) is 9.88 Å². The van der Waals surface area contributed by atoms with Crippen molar-refractivity contribution >= 4 is 38.1 Å². The number of rotatable bonds is 9. The number of nitrogens with two attached hydrogens (primary N) is 1. The normalized spacial score (nSPS) is 11.8. The third kappa shape index (κ3) is 5.23. The number of hydrogen-bond donors (Lipinski definition) is 1. The molecule has 0 aliphatic carbocycles. The second-order valence-electron chi connectivity index (χ2n) is 8.15. The van der Waals surface area contributed by atoms with Crippen molar-refractivity contribution in [3.8, 4) is 0 Å². The standard InChI is InChI=1S/C26H27ClN4O2S/c1-30(18-20-9-11-23(27)12-10-20)19-22-5-2-3-7-25(22)31(16-14-28)34(32,33)26-8-4-6-21-17-29-15-13-24(21)26/h2-13,15,17H,14,16,18-19,28H2,1H3. The number of anilines is 1. The van der Waals surface area contributed by atoms with Crippen LogP contribution < -0.4 is 10.0 Å². The van der Waals surface area contributed by atoms with Crippen LogP contribution in [-0.2, 0) is 23.1 Å². The van der Waals surface area contributed by atoms with E-state index in [-0.39, 0.29) is 18.0 Å². The lowest BCUT2D eigenvalue weighted by molar-refractivity contribution is 0.319. The molecule has 4 rings (SSSR count). The summed E-state index contributed by atoms with van der Waals surface area (Å²) in [4.78, 5) is 6.50. The molecule has 0 atom stereocenters. The number of pyridine rings is 1. The number of halogens is 1. The van der Waals surface area contributed by atoms with Crippen LogP contribution in [0.25, 0.3) is 10.8 Å². The fourth-order valence-corrected chi connectivity index (χ4v) is 5.92. The topological polar surface area (TPSA) is 79.5 Å². The molecule has 0 bridgehead atoms. The van der Waals surface area contributed by atoms with Gasteiger partial charge in [0.05, 0.1) is 10.6 Å². The highest BCUT2D eigenvalue weighted by atomic mass is 35.5. The molecule has 0 aliphatic heterocycles. The van der Waals surface area contributed by atoms with Crippen LogP contribution in [0.15, 0.2) is 90.1 Å². The first-order valence-electron chi connectivity index (χ1n) is 11.0. The van der Waals surface area contributed by atoms with Gasteiger partial charge in [-0.15, -0.1) is 0 Å². The number of sulfonamides is 1. The highest BCUT2D eigenvalue weighted by molar-refractivity contribution is 7.93. The van der Waals surface area contributed by atoms with Crippen LogP contribution in [0.4, 0.5) is 5.69 Å². The van der Waals surface area contributed by atoms with E-state index >= 15 is 0 Å². The summed E-state index contributed by atoms with van der Waals surface area (Å²) in [5.74, 6) is 0. The predicted octanol–water partition coefficient (Wildman–Crippen LogP) is 4.67. The van der Waals surface area contributed by atoms with Gasteiger partial charge in [-0.25, -0.2) is 8.42 Å². The van der Waals surface area contributed by atoms with Gasteiger partial charge in [0.1, 0.15) is 0 Å². The van der Waals surface area contributed by atoms with Crippen molar-refractivity contribution in [2.45, 2.75) is 18.0 Å². The van der Waals surface area contributed by atoms with Crippen LogP contribution >= 0.6 is 11.6 Å². The molecule has 0 fully saturated rings. The van der Waals surface area contributed by atoms with Gasteiger partial charge in [0, 0.05) is 54.4 Å². The fourth-order valence-electron chi connectivity index (χ4n) is 4.06. The lowest BCUT2D eigenvalue weighted by Crippen LogP contribution is -2.36. The molecule has 4 aromatic rings. The molecule has 34 heavy (non-hydrogen) atoms. The summed E-state index contributed by atoms with van der Waals surface area (Å²) in [7, 11) is -1.87. The first kappa shape index (κ1) is 24.2. The highest BCUT2D eigenvalue weighted by Crippen LogP contribution is 2.31. The van der Waals surface area contributed by atoms with E-state index in [2.05, 4.69) is 9.88 Å². The van der Waals surface area contributed by atoms with Crippen LogP contribution in [-0.4, -0.2) is 38.4 Å². The Bertz CT molecular complexity index is 1370. The van der Waals surface area contributed by atoms with Gasteiger partial charge in [0.25, 0.3) is 10.0 Å². The monoisotopic (exact) mass is 494 g/mol. The van der Waals surface area contributed by atoms with Crippen molar-refractivity contribution < 1.29 is 8.42 Å². The van der Waals surface area contributed by atoms with Gasteiger partial charge in [0.2, 0.25) is 0 Å². The Morgan fingerprint density at radius 1 is 0.941 bits per heavy atom.